The van der Waals surface area contributed by atoms with Crippen LogP contribution in [0.2, 0.25) is 0 Å². The molecule has 2 heterocycles. The molecular weight excluding hydrogens is 260 g/mol. The number of hydrogen-bond acceptors (Lipinski definition) is 4. The Morgan fingerprint density at radius 1 is 1.30 bits per heavy atom. The van der Waals surface area contributed by atoms with Crippen LogP contribution >= 0.6 is 0 Å². The topological polar surface area (TPSA) is 83.6 Å². The molecule has 1 aliphatic heterocycles. The van der Waals surface area contributed by atoms with Gasteiger partial charge in [0.05, 0.1) is 11.8 Å². The molecule has 102 valence electrons. The molecule has 0 fully saturated rings. The molecule has 0 radical (unpaired) electrons. The maximum atomic E-state index is 12.3. The molecule has 0 aliphatic carbocycles. The van der Waals surface area contributed by atoms with Gasteiger partial charge in [-0.2, -0.15) is 0 Å². The minimum Gasteiger partial charge on any atom is -0.478 e. The van der Waals surface area contributed by atoms with Crippen molar-refractivity contribution in [2.24, 2.45) is 0 Å². The maximum absolute atomic E-state index is 12.3. The van der Waals surface area contributed by atoms with Crippen molar-refractivity contribution >= 4 is 17.6 Å². The van der Waals surface area contributed by atoms with Crippen LogP contribution in [0.25, 0.3) is 0 Å². The Morgan fingerprint density at radius 3 is 2.85 bits per heavy atom. The minimum atomic E-state index is -0.966. The summed E-state index contributed by atoms with van der Waals surface area (Å²) in [6.07, 6.45) is 2.97. The van der Waals surface area contributed by atoms with Crippen LogP contribution in [0.5, 0.6) is 0 Å². The number of carboxylic acids is 1. The first-order valence-electron chi connectivity index (χ1n) is 6.25. The van der Waals surface area contributed by atoms with Crippen LogP contribution in [-0.4, -0.2) is 28.7 Å². The Kier molecular flexibility index (Phi) is 2.98. The van der Waals surface area contributed by atoms with Gasteiger partial charge in [-0.25, -0.2) is 4.79 Å². The van der Waals surface area contributed by atoms with E-state index in [1.54, 1.807) is 17.0 Å². The van der Waals surface area contributed by atoms with E-state index in [1.165, 1.54) is 18.3 Å². The fourth-order valence-electron chi connectivity index (χ4n) is 2.40. The van der Waals surface area contributed by atoms with Crippen molar-refractivity contribution in [3.8, 4) is 0 Å². The Labute approximate surface area is 114 Å². The van der Waals surface area contributed by atoms with Crippen LogP contribution < -0.4 is 4.90 Å². The van der Waals surface area contributed by atoms with E-state index in [-0.39, 0.29) is 17.2 Å². The lowest BCUT2D eigenvalue weighted by Gasteiger charge is -2.28. The van der Waals surface area contributed by atoms with Gasteiger partial charge in [0.25, 0.3) is 5.91 Å². The van der Waals surface area contributed by atoms with E-state index in [9.17, 15) is 9.59 Å². The number of anilines is 1. The molecule has 6 heteroatoms. The highest BCUT2D eigenvalue weighted by Gasteiger charge is 2.26. The SMILES string of the molecule is O=C(O)c1ccc2c(c1)CCCN2C(=O)c1ccno1. The number of amides is 1. The van der Waals surface area contributed by atoms with Crippen LogP contribution in [-0.2, 0) is 6.42 Å². The maximum Gasteiger partial charge on any atom is 0.335 e. The highest BCUT2D eigenvalue weighted by molar-refractivity contribution is 6.05. The Hall–Kier alpha value is -2.63. The first-order chi connectivity index (χ1) is 9.66. The molecule has 0 unspecified atom stereocenters. The monoisotopic (exact) mass is 272 g/mol. The summed E-state index contributed by atoms with van der Waals surface area (Å²) < 4.78 is 4.89. The molecule has 0 atom stereocenters. The Morgan fingerprint density at radius 2 is 2.15 bits per heavy atom. The van der Waals surface area contributed by atoms with Crippen molar-refractivity contribution in [2.75, 3.05) is 11.4 Å². The molecule has 1 aliphatic rings. The van der Waals surface area contributed by atoms with Gasteiger partial charge in [0.1, 0.15) is 0 Å². The Balaban J connectivity index is 1.98. The normalized spacial score (nSPS) is 13.9. The van der Waals surface area contributed by atoms with Crippen molar-refractivity contribution < 1.29 is 19.2 Å². The molecule has 3 rings (SSSR count). The van der Waals surface area contributed by atoms with Crippen LogP contribution in [0, 0.1) is 0 Å². The first kappa shape index (κ1) is 12.4. The van der Waals surface area contributed by atoms with Gasteiger partial charge < -0.3 is 14.5 Å². The minimum absolute atomic E-state index is 0.181. The fourth-order valence-corrected chi connectivity index (χ4v) is 2.40. The number of fused-ring (bicyclic) bond motifs is 1. The number of aryl methyl sites for hydroxylation is 1. The Bertz CT molecular complexity index is 664. The van der Waals surface area contributed by atoms with E-state index in [0.29, 0.717) is 6.54 Å². The third-order valence-corrected chi connectivity index (χ3v) is 3.34. The quantitative estimate of drug-likeness (QED) is 0.903. The lowest BCUT2D eigenvalue weighted by Crippen LogP contribution is -2.35. The van der Waals surface area contributed by atoms with Gasteiger partial charge in [0.15, 0.2) is 0 Å². The lowest BCUT2D eigenvalue weighted by atomic mass is 9.99. The average molecular weight is 272 g/mol. The molecule has 20 heavy (non-hydrogen) atoms. The van der Waals surface area contributed by atoms with E-state index in [4.69, 9.17) is 9.63 Å². The zero-order valence-electron chi connectivity index (χ0n) is 10.6. The summed E-state index contributed by atoms with van der Waals surface area (Å²) in [5.41, 5.74) is 1.84. The molecule has 0 spiro atoms. The molecule has 0 saturated heterocycles. The highest BCUT2D eigenvalue weighted by atomic mass is 16.5. The summed E-state index contributed by atoms with van der Waals surface area (Å²) in [6, 6.07) is 6.32. The average Bonchev–Trinajstić information content (AvgIpc) is 2.99. The summed E-state index contributed by atoms with van der Waals surface area (Å²) in [6.45, 7) is 0.582. The van der Waals surface area contributed by atoms with E-state index in [2.05, 4.69) is 5.16 Å². The number of carbonyl (C=O) groups excluding carboxylic acids is 1. The predicted octanol–water partition coefficient (Wildman–Crippen LogP) is 1.97. The molecule has 1 aromatic heterocycles. The summed E-state index contributed by atoms with van der Waals surface area (Å²) in [5.74, 6) is -1.04. The van der Waals surface area contributed by atoms with Crippen molar-refractivity contribution in [1.29, 1.82) is 0 Å². The number of aromatic nitrogens is 1. The standard InChI is InChI=1S/C14H12N2O4/c17-13(12-5-6-15-20-12)16-7-1-2-9-8-10(14(18)19)3-4-11(9)16/h3-6,8H,1-2,7H2,(H,18,19). The van der Waals surface area contributed by atoms with E-state index >= 15 is 0 Å². The molecule has 0 bridgehead atoms. The summed E-state index contributed by atoms with van der Waals surface area (Å²) in [4.78, 5) is 24.9. The number of hydrogen-bond donors (Lipinski definition) is 1. The molecule has 1 N–H and O–H groups in total. The third kappa shape index (κ3) is 2.05. The number of nitrogens with zero attached hydrogens (tertiary/aromatic N) is 2. The van der Waals surface area contributed by atoms with Crippen LogP contribution in [0.3, 0.4) is 0 Å². The van der Waals surface area contributed by atoms with Crippen LogP contribution in [0.15, 0.2) is 35.0 Å². The first-order valence-corrected chi connectivity index (χ1v) is 6.25. The van der Waals surface area contributed by atoms with Crippen LogP contribution in [0.1, 0.15) is 32.9 Å². The van der Waals surface area contributed by atoms with Gasteiger partial charge in [-0.15, -0.1) is 0 Å². The number of carbonyl (C=O) groups is 2. The zero-order valence-corrected chi connectivity index (χ0v) is 10.6. The molecule has 1 aromatic carbocycles. The van der Waals surface area contributed by atoms with Gasteiger partial charge >= 0.3 is 5.97 Å². The van der Waals surface area contributed by atoms with Gasteiger partial charge in [0, 0.05) is 18.3 Å². The number of benzene rings is 1. The molecule has 6 nitrogen and oxygen atoms in total. The van der Waals surface area contributed by atoms with E-state index < -0.39 is 5.97 Å². The molecular formula is C14H12N2O4. The zero-order chi connectivity index (χ0) is 14.1. The second-order valence-corrected chi connectivity index (χ2v) is 4.59. The second kappa shape index (κ2) is 4.80. The van der Waals surface area contributed by atoms with Gasteiger partial charge in [0.2, 0.25) is 5.76 Å². The predicted molar refractivity (Wildman–Crippen MR) is 69.9 cm³/mol. The number of carboxylic acid groups (broad SMARTS) is 1. The van der Waals surface area contributed by atoms with Crippen molar-refractivity contribution in [3.63, 3.8) is 0 Å². The number of rotatable bonds is 2. The van der Waals surface area contributed by atoms with Crippen LogP contribution in [0.4, 0.5) is 5.69 Å². The van der Waals surface area contributed by atoms with Crippen molar-refractivity contribution in [1.82, 2.24) is 5.16 Å². The van der Waals surface area contributed by atoms with Crippen molar-refractivity contribution in [3.05, 3.63) is 47.3 Å². The van der Waals surface area contributed by atoms with Gasteiger partial charge in [-0.05, 0) is 36.6 Å². The highest BCUT2D eigenvalue weighted by Crippen LogP contribution is 2.29. The number of aromatic carboxylic acids is 1. The largest absolute Gasteiger partial charge is 0.478 e. The van der Waals surface area contributed by atoms with Gasteiger partial charge in [-0.3, -0.25) is 4.79 Å². The van der Waals surface area contributed by atoms with E-state index in [1.807, 2.05) is 0 Å². The van der Waals surface area contributed by atoms with E-state index in [0.717, 1.165) is 24.1 Å². The summed E-state index contributed by atoms with van der Waals surface area (Å²) in [7, 11) is 0. The lowest BCUT2D eigenvalue weighted by molar-refractivity contribution is 0.0696. The summed E-state index contributed by atoms with van der Waals surface area (Å²) >= 11 is 0. The molecule has 0 saturated carbocycles. The second-order valence-electron chi connectivity index (χ2n) is 4.59. The molecule has 1 amide bonds. The third-order valence-electron chi connectivity index (χ3n) is 3.34. The summed E-state index contributed by atoms with van der Waals surface area (Å²) in [5, 5.41) is 12.5. The van der Waals surface area contributed by atoms with Gasteiger partial charge in [-0.1, -0.05) is 5.16 Å². The fraction of sp³-hybridized carbons (Fsp3) is 0.214. The van der Waals surface area contributed by atoms with Crippen molar-refractivity contribution in [2.45, 2.75) is 12.8 Å². The molecule has 2 aromatic rings. The smallest absolute Gasteiger partial charge is 0.335 e.